The predicted molar refractivity (Wildman–Crippen MR) is 127 cm³/mol. The fourth-order valence-electron chi connectivity index (χ4n) is 3.44. The third-order valence-corrected chi connectivity index (χ3v) is 5.74. The molecule has 0 amide bonds. The zero-order valence-corrected chi connectivity index (χ0v) is 19.4. The zero-order valence-electron chi connectivity index (χ0n) is 16.3. The Labute approximate surface area is 184 Å². The third kappa shape index (κ3) is 7.43. The number of thiophene rings is 1. The number of likely N-dealkylation sites (tertiary alicyclic amines) is 1. The normalized spacial score (nSPS) is 18.0. The van der Waals surface area contributed by atoms with Gasteiger partial charge in [-0.3, -0.25) is 9.89 Å². The van der Waals surface area contributed by atoms with Gasteiger partial charge in [0.2, 0.25) is 0 Å². The van der Waals surface area contributed by atoms with E-state index in [0.29, 0.717) is 0 Å². The summed E-state index contributed by atoms with van der Waals surface area (Å²) >= 11 is 1.76. The van der Waals surface area contributed by atoms with Crippen molar-refractivity contribution >= 4 is 41.3 Å². The molecule has 2 heterocycles. The van der Waals surface area contributed by atoms with Gasteiger partial charge in [0, 0.05) is 31.6 Å². The Balaban J connectivity index is 0.00000261. The van der Waals surface area contributed by atoms with E-state index >= 15 is 0 Å². The number of nitrogens with zero attached hydrogens (tertiary/aromatic N) is 2. The summed E-state index contributed by atoms with van der Waals surface area (Å²) < 4.78 is 0. The van der Waals surface area contributed by atoms with Gasteiger partial charge < -0.3 is 10.6 Å². The van der Waals surface area contributed by atoms with Crippen LogP contribution in [-0.2, 0) is 19.6 Å². The Bertz CT molecular complexity index is 685. The van der Waals surface area contributed by atoms with Crippen LogP contribution in [0.5, 0.6) is 0 Å². The topological polar surface area (TPSA) is 39.7 Å². The molecular weight excluding hydrogens is 467 g/mol. The molecule has 0 bridgehead atoms. The highest BCUT2D eigenvalue weighted by atomic mass is 127. The van der Waals surface area contributed by atoms with E-state index in [1.807, 2.05) is 7.05 Å². The standard InChI is InChI=1S/C21H30N4S.HI/c1-17-5-3-11-25(15-17)16-19-9-7-18(8-10-19)13-23-21(22-2)24-14-20-6-4-12-26-20;/h4,6-10,12,17H,3,5,11,13-16H2,1-2H3,(H2,22,23,24);1H. The molecule has 0 aliphatic carbocycles. The van der Waals surface area contributed by atoms with Gasteiger partial charge in [-0.2, -0.15) is 0 Å². The fraction of sp³-hybridized carbons (Fsp3) is 0.476. The number of aliphatic imine (C=N–C) groups is 1. The lowest BCUT2D eigenvalue weighted by Gasteiger charge is -2.30. The van der Waals surface area contributed by atoms with E-state index in [-0.39, 0.29) is 24.0 Å². The number of rotatable bonds is 6. The summed E-state index contributed by atoms with van der Waals surface area (Å²) in [7, 11) is 1.81. The van der Waals surface area contributed by atoms with Crippen LogP contribution in [0.15, 0.2) is 46.8 Å². The molecule has 0 radical (unpaired) electrons. The maximum Gasteiger partial charge on any atom is 0.191 e. The lowest BCUT2D eigenvalue weighted by Crippen LogP contribution is -2.36. The molecule has 2 N–H and O–H groups in total. The lowest BCUT2D eigenvalue weighted by molar-refractivity contribution is 0.176. The Morgan fingerprint density at radius 3 is 2.56 bits per heavy atom. The molecule has 6 heteroatoms. The highest BCUT2D eigenvalue weighted by Gasteiger charge is 2.16. The highest BCUT2D eigenvalue weighted by molar-refractivity contribution is 14.0. The van der Waals surface area contributed by atoms with Crippen molar-refractivity contribution in [1.82, 2.24) is 15.5 Å². The van der Waals surface area contributed by atoms with Gasteiger partial charge in [-0.15, -0.1) is 35.3 Å². The predicted octanol–water partition coefficient (Wildman–Crippen LogP) is 4.46. The van der Waals surface area contributed by atoms with Crippen LogP contribution in [0.4, 0.5) is 0 Å². The van der Waals surface area contributed by atoms with Crippen LogP contribution in [0.1, 0.15) is 35.8 Å². The molecule has 0 saturated carbocycles. The molecule has 1 aromatic heterocycles. The number of piperidine rings is 1. The van der Waals surface area contributed by atoms with Crippen LogP contribution in [0.25, 0.3) is 0 Å². The summed E-state index contributed by atoms with van der Waals surface area (Å²) in [6, 6.07) is 13.2. The quantitative estimate of drug-likeness (QED) is 0.351. The van der Waals surface area contributed by atoms with Gasteiger partial charge in [-0.25, -0.2) is 0 Å². The fourth-order valence-corrected chi connectivity index (χ4v) is 4.09. The summed E-state index contributed by atoms with van der Waals surface area (Å²) in [6.45, 7) is 7.49. The SMILES string of the molecule is CN=C(NCc1ccc(CN2CCCC(C)C2)cc1)NCc1cccs1.I. The van der Waals surface area contributed by atoms with E-state index in [1.54, 1.807) is 11.3 Å². The van der Waals surface area contributed by atoms with Gasteiger partial charge in [0.1, 0.15) is 0 Å². The first-order valence-corrected chi connectivity index (χ1v) is 10.4. The molecule has 2 aromatic rings. The maximum atomic E-state index is 4.30. The van der Waals surface area contributed by atoms with E-state index in [4.69, 9.17) is 0 Å². The van der Waals surface area contributed by atoms with Crippen molar-refractivity contribution in [2.24, 2.45) is 10.9 Å². The number of nitrogens with one attached hydrogen (secondary N) is 2. The molecule has 0 spiro atoms. The average molecular weight is 498 g/mol. The van der Waals surface area contributed by atoms with Gasteiger partial charge in [0.05, 0.1) is 6.54 Å². The second-order valence-corrected chi connectivity index (χ2v) is 8.19. The molecule has 3 rings (SSSR count). The molecule has 1 unspecified atom stereocenters. The first-order valence-electron chi connectivity index (χ1n) is 9.50. The van der Waals surface area contributed by atoms with Crippen LogP contribution in [0.2, 0.25) is 0 Å². The van der Waals surface area contributed by atoms with Gasteiger partial charge in [0.25, 0.3) is 0 Å². The minimum Gasteiger partial charge on any atom is -0.352 e. The molecule has 1 saturated heterocycles. The Morgan fingerprint density at radius 1 is 1.15 bits per heavy atom. The number of halogens is 1. The number of benzene rings is 1. The Hall–Kier alpha value is -1.12. The second kappa shape index (κ2) is 11.7. The van der Waals surface area contributed by atoms with E-state index < -0.39 is 0 Å². The molecular formula is C21H31IN4S. The summed E-state index contributed by atoms with van der Waals surface area (Å²) in [6.07, 6.45) is 2.71. The number of hydrogen-bond acceptors (Lipinski definition) is 3. The van der Waals surface area contributed by atoms with Crippen LogP contribution >= 0.6 is 35.3 Å². The van der Waals surface area contributed by atoms with Crippen LogP contribution in [0.3, 0.4) is 0 Å². The highest BCUT2D eigenvalue weighted by Crippen LogP contribution is 2.18. The average Bonchev–Trinajstić information content (AvgIpc) is 3.17. The van der Waals surface area contributed by atoms with Crippen molar-refractivity contribution in [1.29, 1.82) is 0 Å². The molecule has 1 aromatic carbocycles. The summed E-state index contributed by atoms with van der Waals surface area (Å²) in [5, 5.41) is 8.84. The summed E-state index contributed by atoms with van der Waals surface area (Å²) in [4.78, 5) is 8.19. The Morgan fingerprint density at radius 2 is 1.89 bits per heavy atom. The van der Waals surface area contributed by atoms with E-state index in [0.717, 1.165) is 31.5 Å². The summed E-state index contributed by atoms with van der Waals surface area (Å²) in [5.41, 5.74) is 2.68. The largest absolute Gasteiger partial charge is 0.352 e. The van der Waals surface area contributed by atoms with Gasteiger partial charge in [-0.1, -0.05) is 37.3 Å². The van der Waals surface area contributed by atoms with E-state index in [2.05, 4.69) is 69.2 Å². The number of hydrogen-bond donors (Lipinski definition) is 2. The smallest absolute Gasteiger partial charge is 0.191 e. The van der Waals surface area contributed by atoms with E-state index in [9.17, 15) is 0 Å². The van der Waals surface area contributed by atoms with Gasteiger partial charge in [0.15, 0.2) is 5.96 Å². The van der Waals surface area contributed by atoms with Crippen molar-refractivity contribution in [3.05, 3.63) is 57.8 Å². The van der Waals surface area contributed by atoms with Crippen molar-refractivity contribution in [2.45, 2.75) is 39.4 Å². The Kier molecular flexibility index (Phi) is 9.58. The number of guanidine groups is 1. The van der Waals surface area contributed by atoms with Crippen molar-refractivity contribution < 1.29 is 0 Å². The summed E-state index contributed by atoms with van der Waals surface area (Å²) in [5.74, 6) is 1.67. The van der Waals surface area contributed by atoms with Gasteiger partial charge in [-0.05, 0) is 47.9 Å². The van der Waals surface area contributed by atoms with Crippen molar-refractivity contribution in [3.63, 3.8) is 0 Å². The minimum atomic E-state index is 0. The molecule has 1 aliphatic heterocycles. The van der Waals surface area contributed by atoms with Crippen molar-refractivity contribution in [2.75, 3.05) is 20.1 Å². The van der Waals surface area contributed by atoms with Crippen LogP contribution in [0, 0.1) is 5.92 Å². The lowest BCUT2D eigenvalue weighted by atomic mass is 9.99. The first kappa shape index (κ1) is 22.2. The molecule has 27 heavy (non-hydrogen) atoms. The molecule has 1 aliphatic rings. The van der Waals surface area contributed by atoms with Crippen LogP contribution in [-0.4, -0.2) is 31.0 Å². The molecule has 4 nitrogen and oxygen atoms in total. The van der Waals surface area contributed by atoms with E-state index in [1.165, 1.54) is 41.9 Å². The van der Waals surface area contributed by atoms with Gasteiger partial charge >= 0.3 is 0 Å². The second-order valence-electron chi connectivity index (χ2n) is 7.16. The van der Waals surface area contributed by atoms with Crippen molar-refractivity contribution in [3.8, 4) is 0 Å². The molecule has 1 fully saturated rings. The van der Waals surface area contributed by atoms with Crippen LogP contribution < -0.4 is 10.6 Å². The third-order valence-electron chi connectivity index (χ3n) is 4.86. The minimum absolute atomic E-state index is 0. The maximum absolute atomic E-state index is 4.30. The molecule has 1 atom stereocenters. The first-order chi connectivity index (χ1) is 12.7. The molecule has 148 valence electrons. The monoisotopic (exact) mass is 498 g/mol. The zero-order chi connectivity index (χ0) is 18.2.